The van der Waals surface area contributed by atoms with Crippen LogP contribution in [0.5, 0.6) is 0 Å². The first-order chi connectivity index (χ1) is 7.40. The Morgan fingerprint density at radius 3 is 2.75 bits per heavy atom. The third-order valence-electron chi connectivity index (χ3n) is 5.86. The number of Topliss-reactive ketones (excluding diaryl/α,β-unsaturated/α-hetero) is 1. The summed E-state index contributed by atoms with van der Waals surface area (Å²) in [7, 11) is 0. The highest BCUT2D eigenvalue weighted by atomic mass is 16.3. The zero-order valence-corrected chi connectivity index (χ0v) is 10.5. The van der Waals surface area contributed by atoms with E-state index in [2.05, 4.69) is 20.8 Å². The van der Waals surface area contributed by atoms with Crippen LogP contribution in [-0.4, -0.2) is 17.0 Å². The topological polar surface area (TPSA) is 37.3 Å². The van der Waals surface area contributed by atoms with Crippen molar-refractivity contribution >= 4 is 5.78 Å². The third kappa shape index (κ3) is 0.958. The Balaban J connectivity index is 2.14. The Morgan fingerprint density at radius 2 is 2.06 bits per heavy atom. The second-order valence-electron chi connectivity index (χ2n) is 6.98. The first-order valence-corrected chi connectivity index (χ1v) is 6.62. The van der Waals surface area contributed by atoms with E-state index >= 15 is 0 Å². The predicted molar refractivity (Wildman–Crippen MR) is 61.8 cm³/mol. The molecule has 0 heterocycles. The van der Waals surface area contributed by atoms with Crippen LogP contribution in [0.3, 0.4) is 0 Å². The second kappa shape index (κ2) is 2.90. The molecule has 3 saturated carbocycles. The van der Waals surface area contributed by atoms with Crippen molar-refractivity contribution in [1.29, 1.82) is 0 Å². The fourth-order valence-corrected chi connectivity index (χ4v) is 5.35. The maximum absolute atomic E-state index is 12.3. The average Bonchev–Trinajstić information content (AvgIpc) is 2.71. The van der Waals surface area contributed by atoms with Crippen LogP contribution in [0.2, 0.25) is 0 Å². The zero-order chi connectivity index (χ0) is 11.7. The molecule has 0 bridgehead atoms. The Morgan fingerprint density at radius 1 is 1.38 bits per heavy atom. The van der Waals surface area contributed by atoms with Crippen LogP contribution in [0.1, 0.15) is 46.5 Å². The minimum atomic E-state index is -0.366. The van der Waals surface area contributed by atoms with Gasteiger partial charge in [-0.3, -0.25) is 4.79 Å². The highest BCUT2D eigenvalue weighted by molar-refractivity contribution is 5.89. The zero-order valence-electron chi connectivity index (χ0n) is 10.5. The molecule has 5 atom stereocenters. The number of carbonyl (C=O) groups excluding carboxylic acids is 1. The van der Waals surface area contributed by atoms with E-state index in [4.69, 9.17) is 0 Å². The van der Waals surface area contributed by atoms with Gasteiger partial charge in [-0.1, -0.05) is 20.8 Å². The molecule has 0 radical (unpaired) electrons. The summed E-state index contributed by atoms with van der Waals surface area (Å²) in [5.74, 6) is 1.75. The Bertz CT molecular complexity index is 347. The maximum Gasteiger partial charge on any atom is 0.142 e. The van der Waals surface area contributed by atoms with Gasteiger partial charge >= 0.3 is 0 Å². The fourth-order valence-electron chi connectivity index (χ4n) is 5.35. The number of rotatable bonds is 0. The molecule has 3 aliphatic rings. The standard InChI is InChI=1S/C14H22O2/c1-8-6-12(16)14-9(8)7-13(2,3)10(14)4-5-11(14)15/h8-10,12,16H,4-7H2,1-3H3/t8-,9+,10-,12-,14?/m1/s1. The highest BCUT2D eigenvalue weighted by Crippen LogP contribution is 2.70. The van der Waals surface area contributed by atoms with Crippen LogP contribution >= 0.6 is 0 Å². The summed E-state index contributed by atoms with van der Waals surface area (Å²) >= 11 is 0. The summed E-state index contributed by atoms with van der Waals surface area (Å²) in [4.78, 5) is 12.3. The predicted octanol–water partition coefficient (Wildman–Crippen LogP) is 2.40. The van der Waals surface area contributed by atoms with E-state index in [0.717, 1.165) is 19.3 Å². The summed E-state index contributed by atoms with van der Waals surface area (Å²) < 4.78 is 0. The molecular weight excluding hydrogens is 200 g/mol. The van der Waals surface area contributed by atoms with Crippen molar-refractivity contribution in [3.8, 4) is 0 Å². The van der Waals surface area contributed by atoms with Crippen LogP contribution in [-0.2, 0) is 4.79 Å². The van der Waals surface area contributed by atoms with Crippen LogP contribution in [0.25, 0.3) is 0 Å². The highest BCUT2D eigenvalue weighted by Gasteiger charge is 2.71. The van der Waals surface area contributed by atoms with Gasteiger partial charge in [-0.25, -0.2) is 0 Å². The number of aliphatic hydroxyl groups is 1. The first-order valence-electron chi connectivity index (χ1n) is 6.62. The van der Waals surface area contributed by atoms with E-state index in [9.17, 15) is 9.90 Å². The van der Waals surface area contributed by atoms with Crippen molar-refractivity contribution in [3.63, 3.8) is 0 Å². The molecule has 0 amide bonds. The molecule has 16 heavy (non-hydrogen) atoms. The van der Waals surface area contributed by atoms with E-state index in [1.165, 1.54) is 0 Å². The summed E-state index contributed by atoms with van der Waals surface area (Å²) in [6, 6.07) is 0. The molecule has 2 heteroatoms. The van der Waals surface area contributed by atoms with E-state index in [1.807, 2.05) is 0 Å². The molecule has 3 fully saturated rings. The lowest BCUT2D eigenvalue weighted by Gasteiger charge is -2.35. The lowest BCUT2D eigenvalue weighted by molar-refractivity contribution is -0.134. The van der Waals surface area contributed by atoms with E-state index in [-0.39, 0.29) is 16.9 Å². The Hall–Kier alpha value is -0.370. The van der Waals surface area contributed by atoms with Gasteiger partial charge in [0.15, 0.2) is 0 Å². The van der Waals surface area contributed by atoms with Gasteiger partial charge in [0.1, 0.15) is 5.78 Å². The van der Waals surface area contributed by atoms with Gasteiger partial charge in [-0.2, -0.15) is 0 Å². The molecule has 3 aliphatic carbocycles. The van der Waals surface area contributed by atoms with Gasteiger partial charge in [0.2, 0.25) is 0 Å². The molecule has 1 N–H and O–H groups in total. The number of carbonyl (C=O) groups is 1. The Kier molecular flexibility index (Phi) is 1.95. The van der Waals surface area contributed by atoms with Crippen molar-refractivity contribution in [2.75, 3.05) is 0 Å². The van der Waals surface area contributed by atoms with Crippen molar-refractivity contribution in [3.05, 3.63) is 0 Å². The molecule has 0 aliphatic heterocycles. The number of aliphatic hydroxyl groups excluding tert-OH is 1. The monoisotopic (exact) mass is 222 g/mol. The minimum absolute atomic E-state index is 0.243. The molecule has 90 valence electrons. The average molecular weight is 222 g/mol. The maximum atomic E-state index is 12.3. The van der Waals surface area contributed by atoms with E-state index in [0.29, 0.717) is 30.0 Å². The lowest BCUT2D eigenvalue weighted by Crippen LogP contribution is -2.42. The molecule has 1 spiro atoms. The summed E-state index contributed by atoms with van der Waals surface area (Å²) in [5, 5.41) is 10.4. The largest absolute Gasteiger partial charge is 0.392 e. The molecule has 0 aromatic carbocycles. The van der Waals surface area contributed by atoms with Gasteiger partial charge in [0.05, 0.1) is 11.5 Å². The second-order valence-corrected chi connectivity index (χ2v) is 6.98. The molecule has 2 nitrogen and oxygen atoms in total. The van der Waals surface area contributed by atoms with E-state index in [1.54, 1.807) is 0 Å². The van der Waals surface area contributed by atoms with Crippen molar-refractivity contribution in [2.45, 2.75) is 52.6 Å². The molecule has 0 aromatic rings. The molecule has 3 rings (SSSR count). The summed E-state index contributed by atoms with van der Waals surface area (Å²) in [6.45, 7) is 6.79. The quantitative estimate of drug-likeness (QED) is 0.683. The van der Waals surface area contributed by atoms with Gasteiger partial charge in [-0.05, 0) is 42.4 Å². The van der Waals surface area contributed by atoms with Crippen LogP contribution in [0.4, 0.5) is 0 Å². The molecular formula is C14H22O2. The van der Waals surface area contributed by atoms with Crippen LogP contribution in [0.15, 0.2) is 0 Å². The molecule has 0 saturated heterocycles. The van der Waals surface area contributed by atoms with Crippen LogP contribution < -0.4 is 0 Å². The van der Waals surface area contributed by atoms with Crippen molar-refractivity contribution in [1.82, 2.24) is 0 Å². The lowest BCUT2D eigenvalue weighted by atomic mass is 9.69. The molecule has 0 aromatic heterocycles. The third-order valence-corrected chi connectivity index (χ3v) is 5.86. The first kappa shape index (κ1) is 10.8. The fraction of sp³-hybridized carbons (Fsp3) is 0.929. The van der Waals surface area contributed by atoms with Gasteiger partial charge < -0.3 is 5.11 Å². The SMILES string of the molecule is C[C@@H]1C[C@@H](O)C23C(=O)CC[C@@H]2C(C)(C)C[C@@H]13. The number of hydrogen-bond donors (Lipinski definition) is 1. The van der Waals surface area contributed by atoms with Crippen LogP contribution in [0, 0.1) is 28.6 Å². The smallest absolute Gasteiger partial charge is 0.142 e. The summed E-state index contributed by atoms with van der Waals surface area (Å²) in [5.41, 5.74) is -0.102. The minimum Gasteiger partial charge on any atom is -0.392 e. The number of ketones is 1. The molecule has 1 unspecified atom stereocenters. The van der Waals surface area contributed by atoms with Crippen molar-refractivity contribution < 1.29 is 9.90 Å². The van der Waals surface area contributed by atoms with Crippen molar-refractivity contribution in [2.24, 2.45) is 28.6 Å². The normalized spacial score (nSPS) is 54.1. The van der Waals surface area contributed by atoms with Gasteiger partial charge in [-0.15, -0.1) is 0 Å². The van der Waals surface area contributed by atoms with E-state index < -0.39 is 0 Å². The van der Waals surface area contributed by atoms with Gasteiger partial charge in [0.25, 0.3) is 0 Å². The number of hydrogen-bond acceptors (Lipinski definition) is 2. The summed E-state index contributed by atoms with van der Waals surface area (Å²) in [6.07, 6.45) is 3.31. The Labute approximate surface area is 97.4 Å². The van der Waals surface area contributed by atoms with Gasteiger partial charge in [0, 0.05) is 6.42 Å².